The maximum Gasteiger partial charge on any atom is -0.0303 e. The lowest BCUT2D eigenvalue weighted by Gasteiger charge is -2.38. The first kappa shape index (κ1) is 13.0. The second-order valence-corrected chi connectivity index (χ2v) is 4.92. The van der Waals surface area contributed by atoms with E-state index in [4.69, 9.17) is 0 Å². The molecule has 0 saturated heterocycles. The SMILES string of the molecule is CCCC(C)C(C)C(C)(CC)CC. The van der Waals surface area contributed by atoms with E-state index in [9.17, 15) is 0 Å². The van der Waals surface area contributed by atoms with Crippen LogP contribution in [0, 0.1) is 17.3 Å². The molecule has 0 nitrogen and oxygen atoms in total. The molecule has 0 spiro atoms. The van der Waals surface area contributed by atoms with E-state index in [1.807, 2.05) is 0 Å². The van der Waals surface area contributed by atoms with Gasteiger partial charge >= 0.3 is 0 Å². The first-order valence-corrected chi connectivity index (χ1v) is 6.01. The van der Waals surface area contributed by atoms with E-state index in [1.165, 1.54) is 25.7 Å². The van der Waals surface area contributed by atoms with Crippen molar-refractivity contribution in [1.82, 2.24) is 0 Å². The number of hydrogen-bond donors (Lipinski definition) is 0. The molecule has 0 aromatic carbocycles. The van der Waals surface area contributed by atoms with Crippen LogP contribution in [0.25, 0.3) is 0 Å². The van der Waals surface area contributed by atoms with Crippen LogP contribution in [0.5, 0.6) is 0 Å². The van der Waals surface area contributed by atoms with Gasteiger partial charge in [0.2, 0.25) is 0 Å². The van der Waals surface area contributed by atoms with Crippen LogP contribution in [0.3, 0.4) is 0 Å². The molecule has 0 aliphatic carbocycles. The van der Waals surface area contributed by atoms with Gasteiger partial charge in [-0.2, -0.15) is 0 Å². The monoisotopic (exact) mass is 184 g/mol. The fourth-order valence-corrected chi connectivity index (χ4v) is 2.29. The quantitative estimate of drug-likeness (QED) is 0.551. The van der Waals surface area contributed by atoms with Gasteiger partial charge in [0.05, 0.1) is 0 Å². The summed E-state index contributed by atoms with van der Waals surface area (Å²) in [6.45, 7) is 14.3. The molecule has 13 heavy (non-hydrogen) atoms. The van der Waals surface area contributed by atoms with Crippen LogP contribution >= 0.6 is 0 Å². The standard InChI is InChI=1S/C13H28/c1-7-10-11(4)12(5)13(6,8-2)9-3/h11-12H,7-10H2,1-6H3. The van der Waals surface area contributed by atoms with Crippen molar-refractivity contribution >= 4 is 0 Å². The van der Waals surface area contributed by atoms with Gasteiger partial charge in [-0.1, -0.05) is 67.2 Å². The smallest absolute Gasteiger partial charge is 0.0303 e. The Kier molecular flexibility index (Phi) is 5.67. The molecule has 0 aliphatic rings. The molecular formula is C13H28. The van der Waals surface area contributed by atoms with E-state index in [1.54, 1.807) is 0 Å². The van der Waals surface area contributed by atoms with Gasteiger partial charge in [-0.25, -0.2) is 0 Å². The third kappa shape index (κ3) is 3.32. The fraction of sp³-hybridized carbons (Fsp3) is 1.00. The number of hydrogen-bond acceptors (Lipinski definition) is 0. The Morgan fingerprint density at radius 1 is 1.00 bits per heavy atom. The zero-order chi connectivity index (χ0) is 10.5. The highest BCUT2D eigenvalue weighted by Crippen LogP contribution is 2.40. The predicted octanol–water partition coefficient (Wildman–Crippen LogP) is 4.89. The minimum Gasteiger partial charge on any atom is -0.0654 e. The highest BCUT2D eigenvalue weighted by atomic mass is 14.4. The predicted molar refractivity (Wildman–Crippen MR) is 61.9 cm³/mol. The summed E-state index contributed by atoms with van der Waals surface area (Å²) in [7, 11) is 0. The third-order valence-corrected chi connectivity index (χ3v) is 4.31. The van der Waals surface area contributed by atoms with Crippen molar-refractivity contribution in [2.24, 2.45) is 17.3 Å². The van der Waals surface area contributed by atoms with Gasteiger partial charge < -0.3 is 0 Å². The molecule has 0 fully saturated rings. The van der Waals surface area contributed by atoms with E-state index >= 15 is 0 Å². The molecule has 0 aromatic rings. The Labute approximate surface area is 85.1 Å². The molecule has 0 amide bonds. The highest BCUT2D eigenvalue weighted by Gasteiger charge is 2.30. The molecule has 0 N–H and O–H groups in total. The van der Waals surface area contributed by atoms with Crippen molar-refractivity contribution in [3.05, 3.63) is 0 Å². The molecule has 0 rings (SSSR count). The van der Waals surface area contributed by atoms with Crippen molar-refractivity contribution in [3.63, 3.8) is 0 Å². The van der Waals surface area contributed by atoms with E-state index < -0.39 is 0 Å². The normalized spacial score (nSPS) is 17.1. The maximum absolute atomic E-state index is 2.45. The zero-order valence-electron chi connectivity index (χ0n) is 10.5. The lowest BCUT2D eigenvalue weighted by Crippen LogP contribution is -2.28. The van der Waals surface area contributed by atoms with Crippen LogP contribution in [0.4, 0.5) is 0 Å². The Bertz CT molecular complexity index is 122. The largest absolute Gasteiger partial charge is 0.0654 e. The Hall–Kier alpha value is 0. The summed E-state index contributed by atoms with van der Waals surface area (Å²) in [6, 6.07) is 0. The minimum atomic E-state index is 0.564. The molecule has 0 radical (unpaired) electrons. The van der Waals surface area contributed by atoms with Crippen molar-refractivity contribution in [2.75, 3.05) is 0 Å². The molecular weight excluding hydrogens is 156 g/mol. The van der Waals surface area contributed by atoms with Gasteiger partial charge in [0, 0.05) is 0 Å². The van der Waals surface area contributed by atoms with Crippen LogP contribution < -0.4 is 0 Å². The van der Waals surface area contributed by atoms with Gasteiger partial charge in [-0.3, -0.25) is 0 Å². The van der Waals surface area contributed by atoms with Crippen molar-refractivity contribution in [2.45, 2.75) is 67.2 Å². The topological polar surface area (TPSA) is 0 Å². The summed E-state index contributed by atoms with van der Waals surface area (Å²) >= 11 is 0. The average Bonchev–Trinajstić information content (AvgIpc) is 2.16. The molecule has 2 atom stereocenters. The van der Waals surface area contributed by atoms with Crippen LogP contribution in [-0.2, 0) is 0 Å². The highest BCUT2D eigenvalue weighted by molar-refractivity contribution is 4.80. The van der Waals surface area contributed by atoms with Gasteiger partial charge in [0.25, 0.3) is 0 Å². The second kappa shape index (κ2) is 5.67. The fourth-order valence-electron chi connectivity index (χ4n) is 2.29. The Morgan fingerprint density at radius 2 is 1.46 bits per heavy atom. The zero-order valence-corrected chi connectivity index (χ0v) is 10.5. The van der Waals surface area contributed by atoms with E-state index in [2.05, 4.69) is 41.5 Å². The van der Waals surface area contributed by atoms with Crippen molar-refractivity contribution < 1.29 is 0 Å². The summed E-state index contributed by atoms with van der Waals surface area (Å²) in [5.41, 5.74) is 0.564. The first-order chi connectivity index (χ1) is 6.01. The molecule has 2 unspecified atom stereocenters. The van der Waals surface area contributed by atoms with Crippen LogP contribution in [-0.4, -0.2) is 0 Å². The van der Waals surface area contributed by atoms with E-state index in [0.717, 1.165) is 11.8 Å². The van der Waals surface area contributed by atoms with Gasteiger partial charge in [-0.05, 0) is 17.3 Å². The second-order valence-electron chi connectivity index (χ2n) is 4.92. The first-order valence-electron chi connectivity index (χ1n) is 6.01. The third-order valence-electron chi connectivity index (χ3n) is 4.31. The van der Waals surface area contributed by atoms with Crippen molar-refractivity contribution in [3.8, 4) is 0 Å². The Morgan fingerprint density at radius 3 is 1.77 bits per heavy atom. The molecule has 0 saturated carbocycles. The molecule has 0 heterocycles. The lowest BCUT2D eigenvalue weighted by atomic mass is 9.68. The minimum absolute atomic E-state index is 0.564. The summed E-state index contributed by atoms with van der Waals surface area (Å²) in [4.78, 5) is 0. The van der Waals surface area contributed by atoms with Crippen LogP contribution in [0.1, 0.15) is 67.2 Å². The maximum atomic E-state index is 2.45. The average molecular weight is 184 g/mol. The molecule has 80 valence electrons. The Balaban J connectivity index is 4.27. The van der Waals surface area contributed by atoms with Gasteiger partial charge in [-0.15, -0.1) is 0 Å². The summed E-state index contributed by atoms with van der Waals surface area (Å²) in [5, 5.41) is 0. The molecule has 0 aliphatic heterocycles. The summed E-state index contributed by atoms with van der Waals surface area (Å²) in [6.07, 6.45) is 5.35. The lowest BCUT2D eigenvalue weighted by molar-refractivity contribution is 0.125. The van der Waals surface area contributed by atoms with Crippen LogP contribution in [0.2, 0.25) is 0 Å². The van der Waals surface area contributed by atoms with Crippen LogP contribution in [0.15, 0.2) is 0 Å². The van der Waals surface area contributed by atoms with Crippen molar-refractivity contribution in [1.29, 1.82) is 0 Å². The summed E-state index contributed by atoms with van der Waals surface area (Å²) in [5.74, 6) is 1.75. The molecule has 0 bridgehead atoms. The van der Waals surface area contributed by atoms with Gasteiger partial charge in [0.15, 0.2) is 0 Å². The van der Waals surface area contributed by atoms with Gasteiger partial charge in [0.1, 0.15) is 0 Å². The molecule has 0 aromatic heterocycles. The van der Waals surface area contributed by atoms with E-state index in [-0.39, 0.29) is 0 Å². The number of rotatable bonds is 6. The summed E-state index contributed by atoms with van der Waals surface area (Å²) < 4.78 is 0. The van der Waals surface area contributed by atoms with E-state index in [0.29, 0.717) is 5.41 Å². The molecule has 0 heteroatoms.